The van der Waals surface area contributed by atoms with Crippen LogP contribution in [0.1, 0.15) is 45.7 Å². The van der Waals surface area contributed by atoms with Gasteiger partial charge in [0, 0.05) is 24.0 Å². The minimum atomic E-state index is 0.0959. The van der Waals surface area contributed by atoms with Crippen molar-refractivity contribution in [2.75, 3.05) is 13.1 Å². The molecule has 0 radical (unpaired) electrons. The summed E-state index contributed by atoms with van der Waals surface area (Å²) in [4.78, 5) is 7.12. The standard InChI is InChI=1S/C18H26N4/c1-6-20-16(22-13-17(2,3)18(22,4)5)21-12-15-9-7-14(11-19)8-10-15/h7-10H,6,12-13H2,1-5H3,(H,20,21). The van der Waals surface area contributed by atoms with Gasteiger partial charge in [0.1, 0.15) is 0 Å². The van der Waals surface area contributed by atoms with Crippen LogP contribution in [0.2, 0.25) is 0 Å². The highest BCUT2D eigenvalue weighted by atomic mass is 15.4. The molecular weight excluding hydrogens is 272 g/mol. The first kappa shape index (κ1) is 16.4. The molecule has 0 aliphatic carbocycles. The van der Waals surface area contributed by atoms with E-state index in [1.54, 1.807) is 0 Å². The number of nitrogens with one attached hydrogen (secondary N) is 1. The molecule has 118 valence electrons. The average Bonchev–Trinajstić information content (AvgIpc) is 2.50. The predicted octanol–water partition coefficient (Wildman–Crippen LogP) is 3.14. The largest absolute Gasteiger partial charge is 0.356 e. The van der Waals surface area contributed by atoms with Crippen LogP contribution in [0.4, 0.5) is 0 Å². The van der Waals surface area contributed by atoms with Crippen molar-refractivity contribution in [1.29, 1.82) is 5.26 Å². The van der Waals surface area contributed by atoms with Gasteiger partial charge in [0.05, 0.1) is 18.2 Å². The van der Waals surface area contributed by atoms with Crippen molar-refractivity contribution in [3.63, 3.8) is 0 Å². The van der Waals surface area contributed by atoms with Crippen molar-refractivity contribution in [3.05, 3.63) is 35.4 Å². The molecule has 1 aliphatic heterocycles. The van der Waals surface area contributed by atoms with E-state index in [9.17, 15) is 0 Å². The highest BCUT2D eigenvalue weighted by Crippen LogP contribution is 2.46. The fourth-order valence-electron chi connectivity index (χ4n) is 2.65. The summed E-state index contributed by atoms with van der Waals surface area (Å²) < 4.78 is 0. The van der Waals surface area contributed by atoms with Gasteiger partial charge in [-0.15, -0.1) is 0 Å². The molecule has 0 saturated carbocycles. The minimum Gasteiger partial charge on any atom is -0.356 e. The summed E-state index contributed by atoms with van der Waals surface area (Å²) in [5.74, 6) is 0.969. The van der Waals surface area contributed by atoms with Crippen LogP contribution in [0.3, 0.4) is 0 Å². The zero-order valence-corrected chi connectivity index (χ0v) is 14.3. The molecule has 1 aromatic rings. The van der Waals surface area contributed by atoms with Crippen LogP contribution in [-0.4, -0.2) is 29.5 Å². The maximum atomic E-state index is 8.84. The minimum absolute atomic E-state index is 0.0959. The van der Waals surface area contributed by atoms with Crippen molar-refractivity contribution in [2.24, 2.45) is 10.4 Å². The summed E-state index contributed by atoms with van der Waals surface area (Å²) in [5, 5.41) is 12.2. The van der Waals surface area contributed by atoms with Gasteiger partial charge < -0.3 is 10.2 Å². The highest BCUT2D eigenvalue weighted by molar-refractivity contribution is 5.82. The number of benzene rings is 1. The summed E-state index contributed by atoms with van der Waals surface area (Å²) in [5.41, 5.74) is 2.19. The molecule has 0 unspecified atom stereocenters. The fourth-order valence-corrected chi connectivity index (χ4v) is 2.65. The Kier molecular flexibility index (Phi) is 4.46. The Balaban J connectivity index is 2.13. The molecule has 1 saturated heterocycles. The zero-order valence-electron chi connectivity index (χ0n) is 14.3. The number of nitrogens with zero attached hydrogens (tertiary/aromatic N) is 3. The summed E-state index contributed by atoms with van der Waals surface area (Å²) in [6.45, 7) is 13.7. The summed E-state index contributed by atoms with van der Waals surface area (Å²) >= 11 is 0. The Hall–Kier alpha value is -2.02. The Bertz CT molecular complexity index is 591. The maximum Gasteiger partial charge on any atom is 0.194 e. The molecule has 1 fully saturated rings. The molecule has 1 N–H and O–H groups in total. The number of aliphatic imine (C=N–C) groups is 1. The average molecular weight is 298 g/mol. The van der Waals surface area contributed by atoms with Crippen LogP contribution in [-0.2, 0) is 6.54 Å². The van der Waals surface area contributed by atoms with Gasteiger partial charge in [0.2, 0.25) is 0 Å². The van der Waals surface area contributed by atoms with Crippen molar-refractivity contribution in [2.45, 2.75) is 46.7 Å². The molecule has 4 nitrogen and oxygen atoms in total. The Labute approximate surface area is 133 Å². The third-order valence-corrected chi connectivity index (χ3v) is 4.97. The van der Waals surface area contributed by atoms with E-state index < -0.39 is 0 Å². The van der Waals surface area contributed by atoms with E-state index in [4.69, 9.17) is 10.3 Å². The van der Waals surface area contributed by atoms with Crippen LogP contribution in [0, 0.1) is 16.7 Å². The van der Waals surface area contributed by atoms with Crippen LogP contribution in [0.5, 0.6) is 0 Å². The van der Waals surface area contributed by atoms with Gasteiger partial charge >= 0.3 is 0 Å². The maximum absolute atomic E-state index is 8.84. The van der Waals surface area contributed by atoms with E-state index in [1.165, 1.54) is 0 Å². The number of nitriles is 1. The van der Waals surface area contributed by atoms with Crippen LogP contribution in [0.15, 0.2) is 29.3 Å². The third kappa shape index (κ3) is 2.94. The van der Waals surface area contributed by atoms with Crippen LogP contribution >= 0.6 is 0 Å². The summed E-state index contributed by atoms with van der Waals surface area (Å²) in [6, 6.07) is 9.76. The number of hydrogen-bond acceptors (Lipinski definition) is 2. The molecule has 0 atom stereocenters. The van der Waals surface area contributed by atoms with E-state index in [-0.39, 0.29) is 11.0 Å². The molecule has 1 aliphatic rings. The first-order chi connectivity index (χ1) is 10.3. The highest BCUT2D eigenvalue weighted by Gasteiger charge is 2.53. The van der Waals surface area contributed by atoms with E-state index in [1.807, 2.05) is 24.3 Å². The molecule has 1 aromatic carbocycles. The van der Waals surface area contributed by atoms with Crippen molar-refractivity contribution in [1.82, 2.24) is 10.2 Å². The van der Waals surface area contributed by atoms with E-state index >= 15 is 0 Å². The summed E-state index contributed by atoms with van der Waals surface area (Å²) in [7, 11) is 0. The van der Waals surface area contributed by atoms with E-state index in [2.05, 4.69) is 50.9 Å². The molecule has 0 spiro atoms. The molecular formula is C18H26N4. The van der Waals surface area contributed by atoms with Crippen molar-refractivity contribution in [3.8, 4) is 6.07 Å². The lowest BCUT2D eigenvalue weighted by atomic mass is 9.65. The second-order valence-electron chi connectivity index (χ2n) is 7.01. The number of hydrogen-bond donors (Lipinski definition) is 1. The second-order valence-corrected chi connectivity index (χ2v) is 7.01. The first-order valence-electron chi connectivity index (χ1n) is 7.87. The van der Waals surface area contributed by atoms with E-state index in [0.717, 1.165) is 24.6 Å². The van der Waals surface area contributed by atoms with Gasteiger partial charge in [-0.1, -0.05) is 26.0 Å². The quantitative estimate of drug-likeness (QED) is 0.689. The Morgan fingerprint density at radius 1 is 1.27 bits per heavy atom. The van der Waals surface area contributed by atoms with Crippen LogP contribution < -0.4 is 5.32 Å². The Morgan fingerprint density at radius 2 is 1.91 bits per heavy atom. The van der Waals surface area contributed by atoms with Gasteiger partial charge in [-0.25, -0.2) is 4.99 Å². The molecule has 4 heteroatoms. The predicted molar refractivity (Wildman–Crippen MR) is 90.5 cm³/mol. The fraction of sp³-hybridized carbons (Fsp3) is 0.556. The van der Waals surface area contributed by atoms with E-state index in [0.29, 0.717) is 12.1 Å². The molecule has 2 rings (SSSR count). The SMILES string of the molecule is CCNC(=NCc1ccc(C#N)cc1)N1CC(C)(C)C1(C)C. The van der Waals surface area contributed by atoms with Gasteiger partial charge in [0.25, 0.3) is 0 Å². The zero-order chi connectivity index (χ0) is 16.4. The van der Waals surface area contributed by atoms with Gasteiger partial charge in [-0.05, 0) is 38.5 Å². The Morgan fingerprint density at radius 3 is 2.36 bits per heavy atom. The lowest BCUT2D eigenvalue weighted by molar-refractivity contribution is -0.0667. The smallest absolute Gasteiger partial charge is 0.194 e. The number of guanidine groups is 1. The topological polar surface area (TPSA) is 51.4 Å². The number of likely N-dealkylation sites (tertiary alicyclic amines) is 1. The number of rotatable bonds is 3. The van der Waals surface area contributed by atoms with Gasteiger partial charge in [-0.2, -0.15) is 5.26 Å². The van der Waals surface area contributed by atoms with Crippen LogP contribution in [0.25, 0.3) is 0 Å². The van der Waals surface area contributed by atoms with Gasteiger partial charge in [0.15, 0.2) is 5.96 Å². The second kappa shape index (κ2) is 6.00. The lowest BCUT2D eigenvalue weighted by Gasteiger charge is -2.62. The monoisotopic (exact) mass is 298 g/mol. The molecule has 0 amide bonds. The molecule has 1 heterocycles. The summed E-state index contributed by atoms with van der Waals surface area (Å²) in [6.07, 6.45) is 0. The van der Waals surface area contributed by atoms with Gasteiger partial charge in [-0.3, -0.25) is 0 Å². The molecule has 22 heavy (non-hydrogen) atoms. The normalized spacial score (nSPS) is 19.3. The lowest BCUT2D eigenvalue weighted by Crippen LogP contribution is -2.72. The third-order valence-electron chi connectivity index (χ3n) is 4.97. The molecule has 0 aromatic heterocycles. The van der Waals surface area contributed by atoms with Crippen molar-refractivity contribution < 1.29 is 0 Å². The first-order valence-corrected chi connectivity index (χ1v) is 7.87. The molecule has 0 bridgehead atoms. The van der Waals surface area contributed by atoms with Crippen molar-refractivity contribution >= 4 is 5.96 Å².